The van der Waals surface area contributed by atoms with Gasteiger partial charge < -0.3 is 19.8 Å². The van der Waals surface area contributed by atoms with Crippen molar-refractivity contribution in [2.24, 2.45) is 0 Å². The predicted molar refractivity (Wildman–Crippen MR) is 101 cm³/mol. The van der Waals surface area contributed by atoms with Crippen LogP contribution in [0.15, 0.2) is 34.1 Å². The number of esters is 1. The molecule has 2 N–H and O–H groups in total. The van der Waals surface area contributed by atoms with E-state index in [0.717, 1.165) is 23.1 Å². The number of aromatic nitrogens is 2. The van der Waals surface area contributed by atoms with Gasteiger partial charge in [0.25, 0.3) is 0 Å². The van der Waals surface area contributed by atoms with Crippen molar-refractivity contribution in [2.45, 2.75) is 18.4 Å². The lowest BCUT2D eigenvalue weighted by Crippen LogP contribution is -2.28. The lowest BCUT2D eigenvalue weighted by molar-refractivity contribution is -0.118. The van der Waals surface area contributed by atoms with Crippen LogP contribution in [0.1, 0.15) is 21.6 Å². The van der Waals surface area contributed by atoms with Gasteiger partial charge in [0, 0.05) is 12.2 Å². The molecular weight excluding hydrogens is 370 g/mol. The van der Waals surface area contributed by atoms with E-state index in [-0.39, 0.29) is 22.2 Å². The molecule has 0 spiro atoms. The van der Waals surface area contributed by atoms with Gasteiger partial charge in [0.1, 0.15) is 16.3 Å². The third kappa shape index (κ3) is 5.58. The summed E-state index contributed by atoms with van der Waals surface area (Å²) in [4.78, 5) is 41.8. The van der Waals surface area contributed by atoms with Crippen LogP contribution in [-0.4, -0.2) is 48.4 Å². The Labute approximate surface area is 160 Å². The number of nitrogens with one attached hydrogen (secondary N) is 2. The minimum atomic E-state index is -0.615. The number of benzene rings is 1. The van der Waals surface area contributed by atoms with Crippen LogP contribution in [-0.2, 0) is 16.0 Å². The van der Waals surface area contributed by atoms with E-state index in [1.807, 2.05) is 24.3 Å². The second-order valence-electron chi connectivity index (χ2n) is 5.54. The Morgan fingerprint density at radius 2 is 2.00 bits per heavy atom. The smallest absolute Gasteiger partial charge is 0.346 e. The van der Waals surface area contributed by atoms with Gasteiger partial charge in [-0.3, -0.25) is 4.79 Å². The zero-order valence-electron chi connectivity index (χ0n) is 15.3. The molecule has 144 valence electrons. The topological polar surface area (TPSA) is 110 Å². The molecule has 0 saturated carbocycles. The van der Waals surface area contributed by atoms with Crippen molar-refractivity contribution in [1.82, 2.24) is 15.3 Å². The van der Waals surface area contributed by atoms with E-state index in [0.29, 0.717) is 18.7 Å². The SMILES string of the molecule is COC(=O)c1c(SCC(=O)NCCc2ccccc2OC)nc(=O)[nH]c1C. The van der Waals surface area contributed by atoms with Crippen LogP contribution < -0.4 is 15.7 Å². The van der Waals surface area contributed by atoms with Crippen molar-refractivity contribution >= 4 is 23.6 Å². The molecule has 0 saturated heterocycles. The monoisotopic (exact) mass is 391 g/mol. The number of aryl methyl sites for hydroxylation is 1. The summed E-state index contributed by atoms with van der Waals surface area (Å²) in [6.45, 7) is 2.01. The van der Waals surface area contributed by atoms with Crippen LogP contribution >= 0.6 is 11.8 Å². The first-order valence-corrected chi connectivity index (χ1v) is 9.15. The second-order valence-corrected chi connectivity index (χ2v) is 6.50. The minimum Gasteiger partial charge on any atom is -0.496 e. The Morgan fingerprint density at radius 1 is 1.26 bits per heavy atom. The summed E-state index contributed by atoms with van der Waals surface area (Å²) in [6, 6.07) is 7.59. The summed E-state index contributed by atoms with van der Waals surface area (Å²) >= 11 is 1.01. The molecule has 0 fully saturated rings. The van der Waals surface area contributed by atoms with Gasteiger partial charge >= 0.3 is 11.7 Å². The minimum absolute atomic E-state index is 0.0197. The fourth-order valence-electron chi connectivity index (χ4n) is 2.44. The molecule has 1 aromatic carbocycles. The van der Waals surface area contributed by atoms with Crippen LogP contribution in [0.25, 0.3) is 0 Å². The van der Waals surface area contributed by atoms with E-state index in [4.69, 9.17) is 9.47 Å². The van der Waals surface area contributed by atoms with Gasteiger partial charge in [0.2, 0.25) is 5.91 Å². The van der Waals surface area contributed by atoms with Crippen molar-refractivity contribution in [3.8, 4) is 5.75 Å². The summed E-state index contributed by atoms with van der Waals surface area (Å²) in [6.07, 6.45) is 0.621. The van der Waals surface area contributed by atoms with Crippen molar-refractivity contribution in [3.05, 3.63) is 51.6 Å². The number of ether oxygens (including phenoxy) is 2. The Balaban J connectivity index is 1.94. The molecule has 0 aliphatic carbocycles. The molecule has 9 heteroatoms. The van der Waals surface area contributed by atoms with Gasteiger partial charge in [0.05, 0.1) is 20.0 Å². The molecule has 2 rings (SSSR count). The maximum atomic E-state index is 12.1. The molecule has 0 aliphatic rings. The lowest BCUT2D eigenvalue weighted by atomic mass is 10.1. The highest BCUT2D eigenvalue weighted by Gasteiger charge is 2.19. The highest BCUT2D eigenvalue weighted by Crippen LogP contribution is 2.21. The maximum Gasteiger partial charge on any atom is 0.346 e. The molecule has 27 heavy (non-hydrogen) atoms. The van der Waals surface area contributed by atoms with Gasteiger partial charge in [-0.25, -0.2) is 9.59 Å². The quantitative estimate of drug-likeness (QED) is 0.397. The number of methoxy groups -OCH3 is 2. The molecule has 0 unspecified atom stereocenters. The Hall–Kier alpha value is -2.81. The lowest BCUT2D eigenvalue weighted by Gasteiger charge is -2.10. The summed E-state index contributed by atoms with van der Waals surface area (Å²) in [5.74, 6) is -0.0564. The molecule has 2 aromatic rings. The second kappa shape index (κ2) is 9.77. The molecule has 0 aliphatic heterocycles. The van der Waals surface area contributed by atoms with E-state index in [1.165, 1.54) is 7.11 Å². The Kier molecular flexibility index (Phi) is 7.42. The number of carbonyl (C=O) groups is 2. The number of hydrogen-bond donors (Lipinski definition) is 2. The van der Waals surface area contributed by atoms with E-state index in [1.54, 1.807) is 14.0 Å². The average Bonchev–Trinajstić information content (AvgIpc) is 2.65. The summed E-state index contributed by atoms with van der Waals surface area (Å²) in [7, 11) is 2.84. The summed E-state index contributed by atoms with van der Waals surface area (Å²) in [5, 5.41) is 2.97. The van der Waals surface area contributed by atoms with Crippen molar-refractivity contribution in [1.29, 1.82) is 0 Å². The predicted octanol–water partition coefficient (Wildman–Crippen LogP) is 1.32. The van der Waals surface area contributed by atoms with E-state index >= 15 is 0 Å². The largest absolute Gasteiger partial charge is 0.496 e. The van der Waals surface area contributed by atoms with Gasteiger partial charge in [-0.1, -0.05) is 30.0 Å². The van der Waals surface area contributed by atoms with Crippen molar-refractivity contribution < 1.29 is 19.1 Å². The summed E-state index contributed by atoms with van der Waals surface area (Å²) < 4.78 is 9.99. The number of rotatable bonds is 8. The molecule has 8 nitrogen and oxygen atoms in total. The number of carbonyl (C=O) groups excluding carboxylic acids is 2. The average molecular weight is 391 g/mol. The number of aromatic amines is 1. The van der Waals surface area contributed by atoms with Crippen LogP contribution in [0.4, 0.5) is 0 Å². The van der Waals surface area contributed by atoms with Gasteiger partial charge in [-0.2, -0.15) is 4.98 Å². The van der Waals surface area contributed by atoms with Crippen LogP contribution in [0.3, 0.4) is 0 Å². The zero-order valence-corrected chi connectivity index (χ0v) is 16.1. The highest BCUT2D eigenvalue weighted by molar-refractivity contribution is 8.00. The third-order valence-electron chi connectivity index (χ3n) is 3.72. The van der Waals surface area contributed by atoms with Gasteiger partial charge in [0.15, 0.2) is 0 Å². The van der Waals surface area contributed by atoms with E-state index < -0.39 is 11.7 Å². The zero-order chi connectivity index (χ0) is 19.8. The van der Waals surface area contributed by atoms with Gasteiger partial charge in [-0.05, 0) is 25.0 Å². The number of amides is 1. The standard InChI is InChI=1S/C18H21N3O5S/c1-11-15(17(23)26-3)16(21-18(24)20-11)27-10-14(22)19-9-8-12-6-4-5-7-13(12)25-2/h4-7H,8-10H2,1-3H3,(H,19,22)(H,20,21,24). The first-order valence-electron chi connectivity index (χ1n) is 8.17. The van der Waals surface area contributed by atoms with Crippen molar-refractivity contribution in [3.63, 3.8) is 0 Å². The number of thioether (sulfide) groups is 1. The van der Waals surface area contributed by atoms with E-state index in [2.05, 4.69) is 15.3 Å². The van der Waals surface area contributed by atoms with Crippen LogP contribution in [0, 0.1) is 6.92 Å². The third-order valence-corrected chi connectivity index (χ3v) is 4.70. The number of para-hydroxylation sites is 1. The normalized spacial score (nSPS) is 10.3. The molecule has 0 radical (unpaired) electrons. The number of nitrogens with zero attached hydrogens (tertiary/aromatic N) is 1. The first kappa shape index (κ1) is 20.5. The fraction of sp³-hybridized carbons (Fsp3) is 0.333. The Bertz CT molecular complexity index is 882. The highest BCUT2D eigenvalue weighted by atomic mass is 32.2. The number of H-pyrrole nitrogens is 1. The fourth-order valence-corrected chi connectivity index (χ4v) is 3.34. The summed E-state index contributed by atoms with van der Waals surface area (Å²) in [5.41, 5.74) is 0.914. The maximum absolute atomic E-state index is 12.1. The molecule has 1 amide bonds. The molecule has 0 bridgehead atoms. The van der Waals surface area contributed by atoms with Gasteiger partial charge in [-0.15, -0.1) is 0 Å². The first-order chi connectivity index (χ1) is 13.0. The van der Waals surface area contributed by atoms with E-state index in [9.17, 15) is 14.4 Å². The number of hydrogen-bond acceptors (Lipinski definition) is 7. The van der Waals surface area contributed by atoms with Crippen LogP contribution in [0.2, 0.25) is 0 Å². The molecule has 1 heterocycles. The molecule has 0 atom stereocenters. The Morgan fingerprint density at radius 3 is 2.70 bits per heavy atom. The van der Waals surface area contributed by atoms with Crippen LogP contribution in [0.5, 0.6) is 5.75 Å². The van der Waals surface area contributed by atoms with Crippen molar-refractivity contribution in [2.75, 3.05) is 26.5 Å². The molecule has 1 aromatic heterocycles. The molecular formula is C18H21N3O5S.